The van der Waals surface area contributed by atoms with Gasteiger partial charge in [-0.05, 0) is 5.57 Å². The zero-order valence-corrected chi connectivity index (χ0v) is 6.21. The third-order valence-corrected chi connectivity index (χ3v) is 2.07. The minimum absolute atomic E-state index is 0.726. The first-order valence-corrected chi connectivity index (χ1v) is 3.73. The van der Waals surface area contributed by atoms with Gasteiger partial charge >= 0.3 is 0 Å². The highest BCUT2D eigenvalue weighted by molar-refractivity contribution is 5.55. The van der Waals surface area contributed by atoms with Crippen LogP contribution in [0.3, 0.4) is 0 Å². The number of carbonyl (C=O) groups excluding carboxylic acids is 1. The normalized spacial score (nSPS) is 22.4. The van der Waals surface area contributed by atoms with Crippen molar-refractivity contribution in [3.8, 4) is 0 Å². The van der Waals surface area contributed by atoms with Crippen LogP contribution < -0.4 is 5.32 Å². The molecule has 0 aromatic carbocycles. The first kappa shape index (κ1) is 6.61. The maximum Gasteiger partial charge on any atom is 0.214 e. The summed E-state index contributed by atoms with van der Waals surface area (Å²) in [6, 6.07) is 0. The van der Waals surface area contributed by atoms with Gasteiger partial charge in [0.05, 0.1) is 0 Å². The van der Waals surface area contributed by atoms with Gasteiger partial charge in [0.2, 0.25) is 6.41 Å². The molecule has 0 aliphatic carbocycles. The van der Waals surface area contributed by atoms with Crippen LogP contribution in [0.15, 0.2) is 23.4 Å². The van der Waals surface area contributed by atoms with Crippen molar-refractivity contribution in [2.45, 2.75) is 0 Å². The second-order valence-electron chi connectivity index (χ2n) is 2.74. The van der Waals surface area contributed by atoms with Gasteiger partial charge in [-0.3, -0.25) is 4.79 Å². The van der Waals surface area contributed by atoms with E-state index in [9.17, 15) is 4.79 Å². The van der Waals surface area contributed by atoms with E-state index in [0.29, 0.717) is 0 Å². The molecular weight excluding hydrogens is 140 g/mol. The van der Waals surface area contributed by atoms with Crippen LogP contribution in [0.1, 0.15) is 0 Å². The molecule has 3 nitrogen and oxygen atoms in total. The molecule has 0 fully saturated rings. The maximum atomic E-state index is 10.5. The van der Waals surface area contributed by atoms with E-state index in [4.69, 9.17) is 0 Å². The van der Waals surface area contributed by atoms with Gasteiger partial charge in [0.25, 0.3) is 0 Å². The molecule has 2 aliphatic heterocycles. The Morgan fingerprint density at radius 2 is 2.45 bits per heavy atom. The molecule has 2 aliphatic rings. The lowest BCUT2D eigenvalue weighted by molar-refractivity contribution is -0.116. The van der Waals surface area contributed by atoms with E-state index in [1.54, 1.807) is 4.90 Å². The minimum Gasteiger partial charge on any atom is -0.313 e. The first-order chi connectivity index (χ1) is 5.42. The predicted molar refractivity (Wildman–Crippen MR) is 41.8 cm³/mol. The van der Waals surface area contributed by atoms with E-state index in [1.807, 2.05) is 6.08 Å². The Labute approximate surface area is 65.4 Å². The SMILES string of the molecule is O=CN1CC=CC2=C1CNC2. The molecule has 0 aromatic heterocycles. The van der Waals surface area contributed by atoms with Crippen LogP contribution >= 0.6 is 0 Å². The molecular formula is C8H10N2O. The predicted octanol–water partition coefficient (Wildman–Crippen LogP) is -0.128. The molecule has 11 heavy (non-hydrogen) atoms. The lowest BCUT2D eigenvalue weighted by Gasteiger charge is -2.20. The Hall–Kier alpha value is -1.09. The summed E-state index contributed by atoms with van der Waals surface area (Å²) in [4.78, 5) is 12.3. The van der Waals surface area contributed by atoms with Crippen molar-refractivity contribution in [1.29, 1.82) is 0 Å². The van der Waals surface area contributed by atoms with Gasteiger partial charge in [-0.1, -0.05) is 12.2 Å². The molecule has 1 amide bonds. The van der Waals surface area contributed by atoms with E-state index in [1.165, 1.54) is 5.57 Å². The van der Waals surface area contributed by atoms with Gasteiger partial charge < -0.3 is 10.2 Å². The third kappa shape index (κ3) is 0.973. The van der Waals surface area contributed by atoms with Crippen molar-refractivity contribution in [2.75, 3.05) is 19.6 Å². The molecule has 0 saturated carbocycles. The van der Waals surface area contributed by atoms with Crippen LogP contribution in [-0.2, 0) is 4.79 Å². The molecule has 2 rings (SSSR count). The highest BCUT2D eigenvalue weighted by Crippen LogP contribution is 2.17. The van der Waals surface area contributed by atoms with Crippen LogP contribution in [0.4, 0.5) is 0 Å². The average Bonchev–Trinajstić information content (AvgIpc) is 2.50. The van der Waals surface area contributed by atoms with Crippen molar-refractivity contribution in [3.05, 3.63) is 23.4 Å². The summed E-state index contributed by atoms with van der Waals surface area (Å²) in [6.07, 6.45) is 5.00. The number of hydrogen-bond acceptors (Lipinski definition) is 2. The van der Waals surface area contributed by atoms with E-state index < -0.39 is 0 Å². The van der Waals surface area contributed by atoms with Gasteiger partial charge in [-0.25, -0.2) is 0 Å². The number of carbonyl (C=O) groups is 1. The molecule has 1 N–H and O–H groups in total. The number of rotatable bonds is 1. The molecule has 0 spiro atoms. The van der Waals surface area contributed by atoms with Crippen molar-refractivity contribution in [3.63, 3.8) is 0 Å². The highest BCUT2D eigenvalue weighted by Gasteiger charge is 2.19. The minimum atomic E-state index is 0.726. The molecule has 0 aromatic rings. The number of amides is 1. The Bertz CT molecular complexity index is 242. The fourth-order valence-corrected chi connectivity index (χ4v) is 1.50. The Morgan fingerprint density at radius 1 is 1.55 bits per heavy atom. The summed E-state index contributed by atoms with van der Waals surface area (Å²) in [5, 5.41) is 3.20. The summed E-state index contributed by atoms with van der Waals surface area (Å²) in [6.45, 7) is 2.46. The van der Waals surface area contributed by atoms with E-state index in [2.05, 4.69) is 11.4 Å². The van der Waals surface area contributed by atoms with E-state index >= 15 is 0 Å². The van der Waals surface area contributed by atoms with Crippen LogP contribution in [0.2, 0.25) is 0 Å². The number of hydrogen-bond donors (Lipinski definition) is 1. The maximum absolute atomic E-state index is 10.5. The fraction of sp³-hybridized carbons (Fsp3) is 0.375. The van der Waals surface area contributed by atoms with Crippen molar-refractivity contribution < 1.29 is 4.79 Å². The molecule has 0 saturated heterocycles. The van der Waals surface area contributed by atoms with E-state index in [0.717, 1.165) is 31.7 Å². The summed E-state index contributed by atoms with van der Waals surface area (Å²) < 4.78 is 0. The first-order valence-electron chi connectivity index (χ1n) is 3.73. The Kier molecular flexibility index (Phi) is 1.51. The van der Waals surface area contributed by atoms with Crippen LogP contribution in [0.25, 0.3) is 0 Å². The van der Waals surface area contributed by atoms with Crippen LogP contribution in [-0.4, -0.2) is 30.9 Å². The Morgan fingerprint density at radius 3 is 3.27 bits per heavy atom. The number of nitrogens with zero attached hydrogens (tertiary/aromatic N) is 1. The summed E-state index contributed by atoms with van der Waals surface area (Å²) in [5.41, 5.74) is 2.39. The molecule has 58 valence electrons. The molecule has 0 radical (unpaired) electrons. The standard InChI is InChI=1S/C8H10N2O/c11-6-10-3-1-2-7-4-9-5-8(7)10/h1-2,6,9H,3-5H2. The van der Waals surface area contributed by atoms with Gasteiger partial charge in [-0.2, -0.15) is 0 Å². The van der Waals surface area contributed by atoms with Crippen molar-refractivity contribution in [2.24, 2.45) is 0 Å². The summed E-state index contributed by atoms with van der Waals surface area (Å²) in [5.74, 6) is 0. The highest BCUT2D eigenvalue weighted by atomic mass is 16.1. The zero-order valence-electron chi connectivity index (χ0n) is 6.21. The average molecular weight is 150 g/mol. The smallest absolute Gasteiger partial charge is 0.214 e. The summed E-state index contributed by atoms with van der Waals surface area (Å²) in [7, 11) is 0. The Balaban J connectivity index is 2.30. The second kappa shape index (κ2) is 2.51. The quantitative estimate of drug-likeness (QED) is 0.528. The molecule has 0 bridgehead atoms. The lowest BCUT2D eigenvalue weighted by atomic mass is 10.1. The zero-order chi connectivity index (χ0) is 7.68. The monoisotopic (exact) mass is 150 g/mol. The molecule has 0 atom stereocenters. The van der Waals surface area contributed by atoms with Gasteiger partial charge in [-0.15, -0.1) is 0 Å². The van der Waals surface area contributed by atoms with Gasteiger partial charge in [0.1, 0.15) is 0 Å². The lowest BCUT2D eigenvalue weighted by Crippen LogP contribution is -2.26. The van der Waals surface area contributed by atoms with Crippen molar-refractivity contribution >= 4 is 6.41 Å². The fourth-order valence-electron chi connectivity index (χ4n) is 1.50. The second-order valence-corrected chi connectivity index (χ2v) is 2.74. The molecule has 0 unspecified atom stereocenters. The third-order valence-electron chi connectivity index (χ3n) is 2.07. The molecule has 3 heteroatoms. The summed E-state index contributed by atoms with van der Waals surface area (Å²) >= 11 is 0. The van der Waals surface area contributed by atoms with Crippen molar-refractivity contribution in [1.82, 2.24) is 10.2 Å². The number of nitrogens with one attached hydrogen (secondary N) is 1. The topological polar surface area (TPSA) is 32.3 Å². The molecule has 2 heterocycles. The van der Waals surface area contributed by atoms with E-state index in [-0.39, 0.29) is 0 Å². The van der Waals surface area contributed by atoms with Crippen LogP contribution in [0, 0.1) is 0 Å². The van der Waals surface area contributed by atoms with Crippen LogP contribution in [0.5, 0.6) is 0 Å². The largest absolute Gasteiger partial charge is 0.313 e. The van der Waals surface area contributed by atoms with Gasteiger partial charge in [0.15, 0.2) is 0 Å². The van der Waals surface area contributed by atoms with Gasteiger partial charge in [0, 0.05) is 25.3 Å².